The zero-order valence-electron chi connectivity index (χ0n) is 9.76. The molecule has 2 aromatic carbocycles. The molecule has 0 atom stereocenters. The molecular formula is C16H11NO. The first-order valence-corrected chi connectivity index (χ1v) is 6.06. The van der Waals surface area contributed by atoms with Crippen LogP contribution in [0.5, 0.6) is 0 Å². The smallest absolute Gasteiger partial charge is 0.161 e. The molecular weight excluding hydrogens is 222 g/mol. The number of para-hydroxylation sites is 1. The number of furan rings is 1. The van der Waals surface area contributed by atoms with Crippen molar-refractivity contribution in [3.05, 3.63) is 54.1 Å². The molecule has 0 N–H and O–H groups in total. The van der Waals surface area contributed by atoms with Gasteiger partial charge in [0, 0.05) is 23.6 Å². The van der Waals surface area contributed by atoms with Crippen molar-refractivity contribution in [2.45, 2.75) is 6.42 Å². The Balaban J connectivity index is 2.14. The van der Waals surface area contributed by atoms with Gasteiger partial charge in [0.05, 0.1) is 0 Å². The minimum absolute atomic E-state index is 0.856. The maximum absolute atomic E-state index is 5.98. The summed E-state index contributed by atoms with van der Waals surface area (Å²) >= 11 is 0. The average molecular weight is 233 g/mol. The van der Waals surface area contributed by atoms with Crippen LogP contribution < -0.4 is 0 Å². The van der Waals surface area contributed by atoms with Crippen LogP contribution in [-0.2, 0) is 6.42 Å². The SMILES string of the molecule is C1=Nc2c(oc3ccccc23)-c2ccccc2C1. The Kier molecular flexibility index (Phi) is 1.92. The summed E-state index contributed by atoms with van der Waals surface area (Å²) in [5, 5.41) is 1.08. The Morgan fingerprint density at radius 1 is 0.944 bits per heavy atom. The Hall–Kier alpha value is -2.35. The van der Waals surface area contributed by atoms with Gasteiger partial charge in [-0.2, -0.15) is 0 Å². The third-order valence-corrected chi connectivity index (χ3v) is 3.36. The van der Waals surface area contributed by atoms with E-state index >= 15 is 0 Å². The summed E-state index contributed by atoms with van der Waals surface area (Å²) in [5.74, 6) is 0.889. The summed E-state index contributed by atoms with van der Waals surface area (Å²) in [6, 6.07) is 16.4. The molecule has 4 rings (SSSR count). The molecule has 3 aromatic rings. The molecule has 0 fully saturated rings. The molecule has 0 bridgehead atoms. The predicted molar refractivity (Wildman–Crippen MR) is 73.5 cm³/mol. The topological polar surface area (TPSA) is 25.5 Å². The third kappa shape index (κ3) is 1.26. The van der Waals surface area contributed by atoms with Crippen LogP contribution in [0.4, 0.5) is 5.69 Å². The number of hydrogen-bond acceptors (Lipinski definition) is 2. The van der Waals surface area contributed by atoms with Gasteiger partial charge >= 0.3 is 0 Å². The highest BCUT2D eigenvalue weighted by Crippen LogP contribution is 2.42. The van der Waals surface area contributed by atoms with Crippen molar-refractivity contribution in [1.29, 1.82) is 0 Å². The maximum Gasteiger partial charge on any atom is 0.161 e. The number of aliphatic imine (C=N–C) groups is 1. The second kappa shape index (κ2) is 3.57. The molecule has 2 nitrogen and oxygen atoms in total. The highest BCUT2D eigenvalue weighted by Gasteiger charge is 2.18. The highest BCUT2D eigenvalue weighted by molar-refractivity contribution is 6.00. The fraction of sp³-hybridized carbons (Fsp3) is 0.0625. The molecule has 0 amide bonds. The van der Waals surface area contributed by atoms with Gasteiger partial charge in [0.1, 0.15) is 11.3 Å². The van der Waals surface area contributed by atoms with Crippen molar-refractivity contribution in [2.24, 2.45) is 4.99 Å². The van der Waals surface area contributed by atoms with Gasteiger partial charge in [-0.15, -0.1) is 0 Å². The standard InChI is InChI=1S/C16H11NO/c1-2-6-12-11(5-1)9-10-17-15-13-7-3-4-8-14(13)18-16(12)15/h1-8,10H,9H2. The summed E-state index contributed by atoms with van der Waals surface area (Å²) < 4.78 is 5.98. The van der Waals surface area contributed by atoms with Crippen LogP contribution >= 0.6 is 0 Å². The number of hydrogen-bond donors (Lipinski definition) is 0. The van der Waals surface area contributed by atoms with E-state index in [-0.39, 0.29) is 0 Å². The number of rotatable bonds is 0. The van der Waals surface area contributed by atoms with Crippen LogP contribution in [0.15, 0.2) is 57.9 Å². The van der Waals surface area contributed by atoms with Crippen molar-refractivity contribution in [3.8, 4) is 11.3 Å². The minimum Gasteiger partial charge on any atom is -0.454 e. The van der Waals surface area contributed by atoms with Gasteiger partial charge < -0.3 is 4.42 Å². The lowest BCUT2D eigenvalue weighted by Gasteiger charge is -2.02. The normalized spacial score (nSPS) is 13.1. The molecule has 0 spiro atoms. The van der Waals surface area contributed by atoms with Gasteiger partial charge in [0.25, 0.3) is 0 Å². The monoisotopic (exact) mass is 233 g/mol. The molecule has 0 saturated carbocycles. The first kappa shape index (κ1) is 9.66. The largest absolute Gasteiger partial charge is 0.454 e. The van der Waals surface area contributed by atoms with Gasteiger partial charge in [-0.1, -0.05) is 36.4 Å². The maximum atomic E-state index is 5.98. The molecule has 18 heavy (non-hydrogen) atoms. The fourth-order valence-electron chi connectivity index (χ4n) is 2.50. The second-order valence-electron chi connectivity index (χ2n) is 4.45. The van der Waals surface area contributed by atoms with E-state index < -0.39 is 0 Å². The molecule has 1 aliphatic rings. The van der Waals surface area contributed by atoms with Gasteiger partial charge in [0.15, 0.2) is 5.76 Å². The highest BCUT2D eigenvalue weighted by atomic mass is 16.3. The van der Waals surface area contributed by atoms with E-state index in [1.165, 1.54) is 5.56 Å². The van der Waals surface area contributed by atoms with E-state index in [4.69, 9.17) is 4.42 Å². The Labute approximate surface area is 105 Å². The molecule has 0 unspecified atom stereocenters. The van der Waals surface area contributed by atoms with Crippen molar-refractivity contribution < 1.29 is 4.42 Å². The van der Waals surface area contributed by atoms with E-state index in [1.807, 2.05) is 30.5 Å². The van der Waals surface area contributed by atoms with Gasteiger partial charge in [0.2, 0.25) is 0 Å². The molecule has 2 heteroatoms. The fourth-order valence-corrected chi connectivity index (χ4v) is 2.50. The molecule has 86 valence electrons. The van der Waals surface area contributed by atoms with Crippen molar-refractivity contribution in [3.63, 3.8) is 0 Å². The minimum atomic E-state index is 0.856. The number of benzene rings is 2. The predicted octanol–water partition coefficient (Wildman–Crippen LogP) is 4.36. The molecule has 0 radical (unpaired) electrons. The summed E-state index contributed by atoms with van der Waals surface area (Å²) in [6.07, 6.45) is 2.82. The lowest BCUT2D eigenvalue weighted by atomic mass is 10.0. The molecule has 1 aromatic heterocycles. The zero-order chi connectivity index (χ0) is 11.9. The van der Waals surface area contributed by atoms with Gasteiger partial charge in [-0.25, -0.2) is 0 Å². The summed E-state index contributed by atoms with van der Waals surface area (Å²) in [5.41, 5.74) is 4.27. The van der Waals surface area contributed by atoms with E-state index in [9.17, 15) is 0 Å². The number of fused-ring (bicyclic) bond motifs is 5. The number of nitrogens with zero attached hydrogens (tertiary/aromatic N) is 1. The van der Waals surface area contributed by atoms with E-state index in [1.54, 1.807) is 0 Å². The summed E-state index contributed by atoms with van der Waals surface area (Å²) in [7, 11) is 0. The zero-order valence-corrected chi connectivity index (χ0v) is 9.76. The van der Waals surface area contributed by atoms with Crippen LogP contribution in [0, 0.1) is 0 Å². The van der Waals surface area contributed by atoms with Crippen LogP contribution in [-0.4, -0.2) is 6.21 Å². The van der Waals surface area contributed by atoms with Gasteiger partial charge in [-0.3, -0.25) is 4.99 Å². The molecule has 2 heterocycles. The first-order valence-electron chi connectivity index (χ1n) is 6.06. The molecule has 0 saturated heterocycles. The van der Waals surface area contributed by atoms with E-state index in [0.717, 1.165) is 34.4 Å². The van der Waals surface area contributed by atoms with Crippen molar-refractivity contribution in [1.82, 2.24) is 0 Å². The lowest BCUT2D eigenvalue weighted by Crippen LogP contribution is -1.86. The van der Waals surface area contributed by atoms with Crippen molar-refractivity contribution >= 4 is 22.9 Å². The quantitative estimate of drug-likeness (QED) is 0.566. The summed E-state index contributed by atoms with van der Waals surface area (Å²) in [6.45, 7) is 0. The lowest BCUT2D eigenvalue weighted by molar-refractivity contribution is 0.632. The van der Waals surface area contributed by atoms with Crippen LogP contribution in [0.3, 0.4) is 0 Å². The Bertz CT molecular complexity index is 768. The summed E-state index contributed by atoms with van der Waals surface area (Å²) in [4.78, 5) is 4.57. The van der Waals surface area contributed by atoms with Gasteiger partial charge in [-0.05, 0) is 17.7 Å². The Morgan fingerprint density at radius 3 is 2.78 bits per heavy atom. The van der Waals surface area contributed by atoms with E-state index in [2.05, 4.69) is 29.3 Å². The van der Waals surface area contributed by atoms with Crippen LogP contribution in [0.25, 0.3) is 22.3 Å². The van der Waals surface area contributed by atoms with Crippen LogP contribution in [0.1, 0.15) is 5.56 Å². The third-order valence-electron chi connectivity index (χ3n) is 3.36. The molecule has 1 aliphatic heterocycles. The average Bonchev–Trinajstić information content (AvgIpc) is 2.69. The molecule has 0 aliphatic carbocycles. The van der Waals surface area contributed by atoms with E-state index in [0.29, 0.717) is 0 Å². The Morgan fingerprint density at radius 2 is 1.78 bits per heavy atom. The van der Waals surface area contributed by atoms with Crippen LogP contribution in [0.2, 0.25) is 0 Å². The van der Waals surface area contributed by atoms with Crippen molar-refractivity contribution in [2.75, 3.05) is 0 Å². The second-order valence-corrected chi connectivity index (χ2v) is 4.45. The first-order chi connectivity index (χ1) is 8.93.